The van der Waals surface area contributed by atoms with Crippen LogP contribution in [0.2, 0.25) is 0 Å². The van der Waals surface area contributed by atoms with Crippen molar-refractivity contribution in [2.45, 2.75) is 12.0 Å². The molecule has 5 aromatic carbocycles. The number of non-ortho nitro benzene ring substituents is 1. The second kappa shape index (κ2) is 11.4. The fraction of sp³-hybridized carbons (Fsp3) is 0.0606. The van der Waals surface area contributed by atoms with Gasteiger partial charge in [0, 0.05) is 12.1 Å². The zero-order valence-electron chi connectivity index (χ0n) is 21.0. The topological polar surface area (TPSA) is 78.7 Å². The molecule has 0 saturated heterocycles. The van der Waals surface area contributed by atoms with Crippen molar-refractivity contribution in [2.24, 2.45) is 0 Å². The van der Waals surface area contributed by atoms with Crippen LogP contribution >= 0.6 is 0 Å². The third kappa shape index (κ3) is 5.40. The number of rotatable bonds is 9. The summed E-state index contributed by atoms with van der Waals surface area (Å²) in [6, 6.07) is 42.0. The number of carbonyl (C=O) groups is 1. The number of esters is 1. The molecule has 5 rings (SSSR count). The summed E-state index contributed by atoms with van der Waals surface area (Å²) >= 11 is 0. The van der Waals surface area contributed by atoms with Gasteiger partial charge in [0.25, 0.3) is 5.69 Å². The van der Waals surface area contributed by atoms with Crippen molar-refractivity contribution in [2.75, 3.05) is 0 Å². The maximum atomic E-state index is 14.2. The van der Waals surface area contributed by atoms with E-state index in [0.29, 0.717) is 11.5 Å². The van der Waals surface area contributed by atoms with E-state index in [0.717, 1.165) is 22.3 Å². The summed E-state index contributed by atoms with van der Waals surface area (Å²) in [5.74, 6) is 0.594. The van der Waals surface area contributed by atoms with Crippen LogP contribution in [-0.4, -0.2) is 10.9 Å². The minimum absolute atomic E-state index is 0.0123. The van der Waals surface area contributed by atoms with Crippen LogP contribution < -0.4 is 4.74 Å². The summed E-state index contributed by atoms with van der Waals surface area (Å²) in [5.41, 5.74) is 1.98. The molecule has 192 valence electrons. The van der Waals surface area contributed by atoms with E-state index >= 15 is 0 Å². The zero-order chi connectivity index (χ0) is 27.1. The highest BCUT2D eigenvalue weighted by atomic mass is 16.6. The van der Waals surface area contributed by atoms with Gasteiger partial charge in [-0.15, -0.1) is 0 Å². The van der Waals surface area contributed by atoms with Gasteiger partial charge in [-0.2, -0.15) is 0 Å². The number of carbonyl (C=O) groups excluding carboxylic acids is 1. The van der Waals surface area contributed by atoms with Gasteiger partial charge in [0.15, 0.2) is 0 Å². The molecule has 0 amide bonds. The van der Waals surface area contributed by atoms with Gasteiger partial charge in [0.1, 0.15) is 23.5 Å². The minimum Gasteiger partial charge on any atom is -0.460 e. The van der Waals surface area contributed by atoms with Crippen LogP contribution in [0.25, 0.3) is 0 Å². The van der Waals surface area contributed by atoms with E-state index in [1.54, 1.807) is 24.3 Å². The van der Waals surface area contributed by atoms with Gasteiger partial charge in [-0.25, -0.2) is 0 Å². The molecule has 0 saturated carbocycles. The molecule has 0 unspecified atom stereocenters. The highest BCUT2D eigenvalue weighted by molar-refractivity contribution is 5.92. The Balaban J connectivity index is 1.44. The monoisotopic (exact) mass is 515 g/mol. The molecule has 0 aliphatic carbocycles. The quantitative estimate of drug-likeness (QED) is 0.0881. The molecule has 0 N–H and O–H groups in total. The van der Waals surface area contributed by atoms with E-state index in [2.05, 4.69) is 0 Å². The molecule has 5 aromatic rings. The number of nitrogens with zero attached hydrogens (tertiary/aromatic N) is 1. The first-order valence-electron chi connectivity index (χ1n) is 12.4. The number of benzene rings is 5. The van der Waals surface area contributed by atoms with E-state index in [-0.39, 0.29) is 12.3 Å². The van der Waals surface area contributed by atoms with E-state index < -0.39 is 16.3 Å². The molecular formula is C33H25NO5. The largest absolute Gasteiger partial charge is 0.460 e. The van der Waals surface area contributed by atoms with Crippen molar-refractivity contribution in [1.29, 1.82) is 0 Å². The van der Waals surface area contributed by atoms with Crippen LogP contribution in [0.1, 0.15) is 22.3 Å². The Hall–Kier alpha value is -5.23. The summed E-state index contributed by atoms with van der Waals surface area (Å²) in [4.78, 5) is 24.6. The van der Waals surface area contributed by atoms with Crippen molar-refractivity contribution >= 4 is 11.7 Å². The molecule has 0 fully saturated rings. The van der Waals surface area contributed by atoms with Crippen molar-refractivity contribution in [1.82, 2.24) is 0 Å². The van der Waals surface area contributed by atoms with E-state index in [4.69, 9.17) is 9.47 Å². The van der Waals surface area contributed by atoms with Crippen LogP contribution in [0.5, 0.6) is 11.5 Å². The number of nitro groups is 1. The van der Waals surface area contributed by atoms with E-state index in [1.807, 2.05) is 103 Å². The Labute approximate surface area is 226 Å². The first-order chi connectivity index (χ1) is 19.1. The van der Waals surface area contributed by atoms with E-state index in [1.165, 1.54) is 12.1 Å². The average molecular weight is 516 g/mol. The van der Waals surface area contributed by atoms with Gasteiger partial charge in [-0.05, 0) is 46.5 Å². The molecule has 0 radical (unpaired) electrons. The molecule has 0 atom stereocenters. The predicted octanol–water partition coefficient (Wildman–Crippen LogP) is 7.46. The first-order valence-corrected chi connectivity index (χ1v) is 12.4. The predicted molar refractivity (Wildman–Crippen MR) is 149 cm³/mol. The van der Waals surface area contributed by atoms with Gasteiger partial charge in [-0.1, -0.05) is 103 Å². The van der Waals surface area contributed by atoms with Gasteiger partial charge in [0.2, 0.25) is 0 Å². The third-order valence-electron chi connectivity index (χ3n) is 6.48. The van der Waals surface area contributed by atoms with Crippen LogP contribution in [0, 0.1) is 10.1 Å². The normalized spacial score (nSPS) is 11.0. The summed E-state index contributed by atoms with van der Waals surface area (Å²) in [6.45, 7) is 0.0323. The van der Waals surface area contributed by atoms with Crippen LogP contribution in [-0.2, 0) is 21.6 Å². The third-order valence-corrected chi connectivity index (χ3v) is 6.48. The molecule has 0 aliphatic rings. The minimum atomic E-state index is -1.17. The molecule has 0 heterocycles. The summed E-state index contributed by atoms with van der Waals surface area (Å²) < 4.78 is 11.9. The summed E-state index contributed by atoms with van der Waals surface area (Å²) in [7, 11) is 0. The highest BCUT2D eigenvalue weighted by Gasteiger charge is 2.45. The fourth-order valence-electron chi connectivity index (χ4n) is 4.65. The molecule has 0 spiro atoms. The Bertz CT molecular complexity index is 1460. The van der Waals surface area contributed by atoms with Crippen molar-refractivity contribution < 1.29 is 19.2 Å². The van der Waals surface area contributed by atoms with Gasteiger partial charge < -0.3 is 9.47 Å². The standard InChI is InChI=1S/C33H25NO5/c35-32(38-24-25-11-10-18-31(23-25)39-30-21-19-29(20-22-30)34(36)37)33(26-12-4-1-5-13-26,27-14-6-2-7-15-27)28-16-8-3-9-17-28/h1-23H,24H2. The zero-order valence-corrected chi connectivity index (χ0v) is 21.0. The second-order valence-corrected chi connectivity index (χ2v) is 8.92. The van der Waals surface area contributed by atoms with Gasteiger partial charge in [0.05, 0.1) is 4.92 Å². The SMILES string of the molecule is O=C(OCc1cccc(Oc2ccc([N+](=O)[O-])cc2)c1)C(c1ccccc1)(c1ccccc1)c1ccccc1. The van der Waals surface area contributed by atoms with Crippen LogP contribution in [0.3, 0.4) is 0 Å². The molecule has 0 bridgehead atoms. The number of hydrogen-bond acceptors (Lipinski definition) is 5. The van der Waals surface area contributed by atoms with E-state index in [9.17, 15) is 14.9 Å². The number of nitro benzene ring substituents is 1. The summed E-state index contributed by atoms with van der Waals surface area (Å²) in [6.07, 6.45) is 0. The molecule has 6 heteroatoms. The first kappa shape index (κ1) is 25.4. The molecule has 0 aromatic heterocycles. The molecular weight excluding hydrogens is 490 g/mol. The maximum absolute atomic E-state index is 14.2. The molecule has 6 nitrogen and oxygen atoms in total. The van der Waals surface area contributed by atoms with Crippen molar-refractivity contribution in [3.63, 3.8) is 0 Å². The van der Waals surface area contributed by atoms with Gasteiger partial charge >= 0.3 is 5.97 Å². The smallest absolute Gasteiger partial charge is 0.325 e. The Kier molecular flexibility index (Phi) is 7.46. The Morgan fingerprint density at radius 2 is 1.15 bits per heavy atom. The Morgan fingerprint density at radius 1 is 0.641 bits per heavy atom. The highest BCUT2D eigenvalue weighted by Crippen LogP contribution is 2.40. The lowest BCUT2D eigenvalue weighted by Crippen LogP contribution is -2.40. The Morgan fingerprint density at radius 3 is 1.64 bits per heavy atom. The maximum Gasteiger partial charge on any atom is 0.325 e. The lowest BCUT2D eigenvalue weighted by molar-refractivity contribution is -0.384. The van der Waals surface area contributed by atoms with Crippen molar-refractivity contribution in [3.8, 4) is 11.5 Å². The number of ether oxygens (including phenoxy) is 2. The van der Waals surface area contributed by atoms with Crippen LogP contribution in [0.15, 0.2) is 140 Å². The van der Waals surface area contributed by atoms with Crippen LogP contribution in [0.4, 0.5) is 5.69 Å². The fourth-order valence-corrected chi connectivity index (χ4v) is 4.65. The lowest BCUT2D eigenvalue weighted by atomic mass is 9.69. The average Bonchev–Trinajstić information content (AvgIpc) is 2.99. The summed E-state index contributed by atoms with van der Waals surface area (Å²) in [5, 5.41) is 10.9. The molecule has 0 aliphatic heterocycles. The van der Waals surface area contributed by atoms with Crippen molar-refractivity contribution in [3.05, 3.63) is 172 Å². The molecule has 39 heavy (non-hydrogen) atoms. The number of hydrogen-bond donors (Lipinski definition) is 0. The van der Waals surface area contributed by atoms with Gasteiger partial charge in [-0.3, -0.25) is 14.9 Å². The lowest BCUT2D eigenvalue weighted by Gasteiger charge is -2.33. The second-order valence-electron chi connectivity index (χ2n) is 8.92.